The lowest BCUT2D eigenvalue weighted by atomic mass is 10.0. The molecule has 12 atom stereocenters. The van der Waals surface area contributed by atoms with Gasteiger partial charge in [0.1, 0.15) is 72.5 Å². The van der Waals surface area contributed by atoms with Crippen LogP contribution in [0.5, 0.6) is 0 Å². The summed E-state index contributed by atoms with van der Waals surface area (Å²) in [5.74, 6) is -17.2. The van der Waals surface area contributed by atoms with Gasteiger partial charge < -0.3 is 112 Å². The van der Waals surface area contributed by atoms with Crippen LogP contribution in [0.3, 0.4) is 0 Å². The van der Waals surface area contributed by atoms with Gasteiger partial charge in [0.25, 0.3) is 0 Å². The number of carboxylic acid groups (broad SMARTS) is 3. The first-order valence-electron chi connectivity index (χ1n) is 30.1. The number of unbranched alkanes of at least 4 members (excludes halogenated alkanes) is 2. The molecule has 25 N–H and O–H groups in total. The van der Waals surface area contributed by atoms with E-state index in [1.165, 1.54) is 18.7 Å². The van der Waals surface area contributed by atoms with Crippen LogP contribution in [0.15, 0.2) is 0 Å². The van der Waals surface area contributed by atoms with E-state index in [4.69, 9.17) is 22.9 Å². The average Bonchev–Trinajstić information content (AvgIpc) is 1.48. The third-order valence-electron chi connectivity index (χ3n) is 13.6. The zero-order valence-corrected chi connectivity index (χ0v) is 53.9. The van der Waals surface area contributed by atoms with E-state index < -0.39 is 225 Å². The van der Waals surface area contributed by atoms with Crippen molar-refractivity contribution in [3.8, 4) is 0 Å². The summed E-state index contributed by atoms with van der Waals surface area (Å²) in [6.07, 6.45) is -0.152. The van der Waals surface area contributed by atoms with Crippen LogP contribution in [0, 0.1) is 5.92 Å². The van der Waals surface area contributed by atoms with Gasteiger partial charge in [0.2, 0.25) is 76.8 Å². The Hall–Kier alpha value is -8.33. The Labute approximate surface area is 541 Å². The highest BCUT2D eigenvalue weighted by Gasteiger charge is 2.36. The number of amides is 13. The van der Waals surface area contributed by atoms with Gasteiger partial charge in [-0.15, -0.1) is 0 Å². The molecule has 0 fully saturated rings. The number of nitrogens with two attached hydrogens (primary N) is 4. The van der Waals surface area contributed by atoms with Crippen LogP contribution in [0.1, 0.15) is 125 Å². The van der Waals surface area contributed by atoms with Crippen molar-refractivity contribution < 1.29 is 102 Å². The third-order valence-corrected chi connectivity index (χ3v) is 14.3. The van der Waals surface area contributed by atoms with Gasteiger partial charge in [0.05, 0.1) is 19.8 Å². The molecule has 0 aliphatic carbocycles. The maximum Gasteiger partial charge on any atom is 0.326 e. The lowest BCUT2D eigenvalue weighted by Crippen LogP contribution is -2.60. The van der Waals surface area contributed by atoms with Gasteiger partial charge in [-0.1, -0.05) is 13.8 Å². The SMILES string of the molecule is CSCC[C@H](NC(=O)[C@@H](N)CO)C(=O)N[C@@H](CCC(N)=O)C(=O)N[C@@H](C)C(=O)N[C@@H](CO)C(=O)N[C@@H](CC(C)C)C(=O)N[C@@H](CCC(=O)O)C(=O)N[C@@H](C)C(=O)N[C@@H](CCC(=O)O)C(=O)N[C@@H](C)C(=O)N[C@@H](CCCCN)C(=O)NCC(=O)N[C@@H](CCCCN)C(=O)O. The molecule has 13 amide bonds. The second-order valence-corrected chi connectivity index (χ2v) is 23.1. The standard InChI is InChI=1S/C55H96N16O21S/c1-27(2)23-38(70-54(90)39(26-73)71-46(82)30(5)63-49(85)33(13-16-40(59)74)68-52(88)36(19-22-93-6)67-47(83)31(58)25-72)53(89)69-35(15-18-43(78)79)51(87)62-29(4)45(81)66-34(14-17-42(76)77)50(86)61-28(3)44(80)65-32(11-7-9-20-56)48(84)60-24-41(75)64-37(55(91)92)12-8-10-21-57/h27-39,72-73H,7-26,56-58H2,1-6H3,(H2,59,74)(H,60,84)(H,61,86)(H,62,87)(H,63,85)(H,64,75)(H,65,80)(H,66,81)(H,67,83)(H,68,88)(H,69,89)(H,70,90)(H,71,82)(H,76,77)(H,78,79)(H,91,92)/t28-,29-,30-,31-,32-,33-,34-,35-,36-,37-,38-,39-/m0/s1. The summed E-state index contributed by atoms with van der Waals surface area (Å²) >= 11 is 1.32. The minimum absolute atomic E-state index is 0.00256. The average molecular weight is 1350 g/mol. The van der Waals surface area contributed by atoms with Crippen molar-refractivity contribution in [3.63, 3.8) is 0 Å². The van der Waals surface area contributed by atoms with Gasteiger partial charge in [-0.3, -0.25) is 71.9 Å². The van der Waals surface area contributed by atoms with Crippen LogP contribution in [0.25, 0.3) is 0 Å². The summed E-state index contributed by atoms with van der Waals surface area (Å²) in [6.45, 7) is 4.74. The predicted octanol–water partition coefficient (Wildman–Crippen LogP) is -8.06. The predicted molar refractivity (Wildman–Crippen MR) is 331 cm³/mol. The minimum Gasteiger partial charge on any atom is -0.481 e. The van der Waals surface area contributed by atoms with E-state index in [0.29, 0.717) is 38.0 Å². The molecular formula is C55H96N16O21S. The van der Waals surface area contributed by atoms with E-state index in [-0.39, 0.29) is 38.6 Å². The molecule has 0 unspecified atom stereocenters. The summed E-state index contributed by atoms with van der Waals surface area (Å²) in [5.41, 5.74) is 21.9. The van der Waals surface area contributed by atoms with Gasteiger partial charge in [-0.25, -0.2) is 4.79 Å². The van der Waals surface area contributed by atoms with Crippen LogP contribution < -0.4 is 86.7 Å². The Morgan fingerprint density at radius 3 is 1.14 bits per heavy atom. The second-order valence-electron chi connectivity index (χ2n) is 22.1. The highest BCUT2D eigenvalue weighted by atomic mass is 32.2. The number of thioether (sulfide) groups is 1. The highest BCUT2D eigenvalue weighted by Crippen LogP contribution is 2.11. The number of aliphatic carboxylic acids is 3. The molecule has 0 aliphatic rings. The molecule has 0 aromatic rings. The number of primary amides is 1. The molecule has 93 heavy (non-hydrogen) atoms. The van der Waals surface area contributed by atoms with Crippen molar-refractivity contribution in [1.82, 2.24) is 63.8 Å². The first kappa shape index (κ1) is 84.7. The largest absolute Gasteiger partial charge is 0.481 e. The fourth-order valence-corrected chi connectivity index (χ4v) is 8.76. The van der Waals surface area contributed by atoms with Crippen LogP contribution in [0.2, 0.25) is 0 Å². The first-order valence-corrected chi connectivity index (χ1v) is 31.5. The molecule has 528 valence electrons. The van der Waals surface area contributed by atoms with E-state index in [1.54, 1.807) is 20.1 Å². The minimum atomic E-state index is -1.82. The van der Waals surface area contributed by atoms with Crippen LogP contribution in [-0.4, -0.2) is 238 Å². The normalized spacial score (nSPS) is 14.9. The van der Waals surface area contributed by atoms with Crippen molar-refractivity contribution in [2.24, 2.45) is 28.9 Å². The Kier molecular flexibility index (Phi) is 41.7. The zero-order chi connectivity index (χ0) is 71.1. The van der Waals surface area contributed by atoms with Crippen LogP contribution in [0.4, 0.5) is 0 Å². The summed E-state index contributed by atoms with van der Waals surface area (Å²) in [5, 5.41) is 76.0. The molecule has 0 aliphatic heterocycles. The molecule has 0 aromatic heterocycles. The highest BCUT2D eigenvalue weighted by molar-refractivity contribution is 7.98. The molecule has 0 heterocycles. The van der Waals surface area contributed by atoms with Crippen molar-refractivity contribution in [2.75, 3.05) is 44.9 Å². The van der Waals surface area contributed by atoms with Crippen molar-refractivity contribution in [2.45, 2.75) is 197 Å². The van der Waals surface area contributed by atoms with Gasteiger partial charge in [-0.2, -0.15) is 11.8 Å². The fourth-order valence-electron chi connectivity index (χ4n) is 8.29. The van der Waals surface area contributed by atoms with E-state index in [0.717, 1.165) is 13.8 Å². The van der Waals surface area contributed by atoms with Gasteiger partial charge in [0.15, 0.2) is 0 Å². The van der Waals surface area contributed by atoms with Crippen molar-refractivity contribution in [1.29, 1.82) is 0 Å². The lowest BCUT2D eigenvalue weighted by molar-refractivity contribution is -0.142. The number of carboxylic acids is 3. The van der Waals surface area contributed by atoms with Crippen LogP contribution >= 0.6 is 11.8 Å². The van der Waals surface area contributed by atoms with Gasteiger partial charge >= 0.3 is 17.9 Å². The number of rotatable bonds is 49. The molecule has 38 heteroatoms. The van der Waals surface area contributed by atoms with Crippen molar-refractivity contribution >= 4 is 106 Å². The second kappa shape index (κ2) is 45.9. The summed E-state index contributed by atoms with van der Waals surface area (Å²) in [7, 11) is 0. The number of aliphatic hydroxyl groups excluding tert-OH is 2. The van der Waals surface area contributed by atoms with E-state index >= 15 is 0 Å². The summed E-state index contributed by atoms with van der Waals surface area (Å²) in [4.78, 5) is 207. The summed E-state index contributed by atoms with van der Waals surface area (Å²) < 4.78 is 0. The zero-order valence-electron chi connectivity index (χ0n) is 53.1. The first-order chi connectivity index (χ1) is 43.7. The smallest absolute Gasteiger partial charge is 0.326 e. The molecule has 0 saturated heterocycles. The monoisotopic (exact) mass is 1350 g/mol. The van der Waals surface area contributed by atoms with E-state index in [2.05, 4.69) is 63.8 Å². The fraction of sp³-hybridized carbons (Fsp3) is 0.709. The topological polar surface area (TPSA) is 623 Å². The molecule has 37 nitrogen and oxygen atoms in total. The van der Waals surface area contributed by atoms with Gasteiger partial charge in [-0.05, 0) is 122 Å². The van der Waals surface area contributed by atoms with Crippen molar-refractivity contribution in [3.05, 3.63) is 0 Å². The number of aliphatic hydroxyl groups is 2. The Balaban J connectivity index is 6.32. The number of nitrogens with one attached hydrogen (secondary N) is 12. The van der Waals surface area contributed by atoms with Crippen LogP contribution in [-0.2, 0) is 76.7 Å². The molecule has 0 spiro atoms. The molecule has 0 saturated carbocycles. The summed E-state index contributed by atoms with van der Waals surface area (Å²) in [6, 6.07) is -18.2. The van der Waals surface area contributed by atoms with E-state index in [9.17, 15) is 102 Å². The van der Waals surface area contributed by atoms with E-state index in [1.807, 2.05) is 0 Å². The maximum absolute atomic E-state index is 14.0. The number of hydrogen-bond donors (Lipinski definition) is 21. The maximum atomic E-state index is 14.0. The Bertz CT molecular complexity index is 2550. The lowest BCUT2D eigenvalue weighted by Gasteiger charge is -2.27. The number of carbonyl (C=O) groups excluding carboxylic acids is 13. The number of hydrogen-bond acceptors (Lipinski definition) is 22. The molecule has 0 radical (unpaired) electrons. The Morgan fingerprint density at radius 2 is 0.753 bits per heavy atom. The molecule has 0 bridgehead atoms. The number of carbonyl (C=O) groups is 16. The Morgan fingerprint density at radius 1 is 0.398 bits per heavy atom. The molecular weight excluding hydrogens is 1250 g/mol. The van der Waals surface area contributed by atoms with Gasteiger partial charge in [0, 0.05) is 19.3 Å². The molecule has 0 aromatic carbocycles. The quantitative estimate of drug-likeness (QED) is 0.0252. The third kappa shape index (κ3) is 35.3. The molecule has 0 rings (SSSR count).